The van der Waals surface area contributed by atoms with E-state index >= 15 is 0 Å². The summed E-state index contributed by atoms with van der Waals surface area (Å²) in [4.78, 5) is 46.6. The van der Waals surface area contributed by atoms with Crippen molar-refractivity contribution in [2.24, 2.45) is 5.73 Å². The number of carboxylic acid groups (broad SMARTS) is 1. The highest BCUT2D eigenvalue weighted by Crippen LogP contribution is 2.03. The number of thioether (sulfide) groups is 1. The van der Waals surface area contributed by atoms with Crippen molar-refractivity contribution in [3.8, 4) is 0 Å². The summed E-state index contributed by atoms with van der Waals surface area (Å²) >= 11 is 5.41. The molecule has 3 unspecified atom stereocenters. The van der Waals surface area contributed by atoms with Gasteiger partial charge >= 0.3 is 5.97 Å². The molecule has 7 N–H and O–H groups in total. The van der Waals surface area contributed by atoms with Crippen LogP contribution in [0.15, 0.2) is 0 Å². The second kappa shape index (κ2) is 12.8. The number of aliphatic hydroxyl groups is 1. The minimum absolute atomic E-state index is 0.0111. The van der Waals surface area contributed by atoms with E-state index in [0.29, 0.717) is 5.75 Å². The minimum Gasteiger partial charge on any atom is -0.480 e. The molecule has 0 aliphatic carbocycles. The van der Waals surface area contributed by atoms with Crippen molar-refractivity contribution >= 4 is 48.1 Å². The van der Waals surface area contributed by atoms with E-state index in [1.807, 2.05) is 6.26 Å². The largest absolute Gasteiger partial charge is 0.480 e. The standard InChI is InChI=1S/C13H24N4O6S2/c1-25-3-2-7(11(20)17-8(5-18)13(22)23)16-12(21)9(6-24)15-10(19)4-14/h7-9,18,24H,2-6,14H2,1H3,(H,15,19)(H,16,21)(H,17,20)(H,22,23). The van der Waals surface area contributed by atoms with Crippen LogP contribution in [-0.4, -0.2) is 82.9 Å². The quantitative estimate of drug-likeness (QED) is 0.173. The molecule has 0 fully saturated rings. The molecule has 0 saturated heterocycles. The first kappa shape index (κ1) is 23.5. The normalized spacial score (nSPS) is 14.1. The smallest absolute Gasteiger partial charge is 0.328 e. The lowest BCUT2D eigenvalue weighted by Crippen LogP contribution is -2.57. The number of amides is 3. The summed E-state index contributed by atoms with van der Waals surface area (Å²) in [7, 11) is 0. The maximum Gasteiger partial charge on any atom is 0.328 e. The Kier molecular flexibility index (Phi) is 12.0. The Morgan fingerprint density at radius 3 is 2.08 bits per heavy atom. The molecule has 0 aromatic rings. The molecule has 0 saturated carbocycles. The van der Waals surface area contributed by atoms with Gasteiger partial charge in [-0.05, 0) is 18.4 Å². The molecule has 0 heterocycles. The molecule has 0 bridgehead atoms. The zero-order valence-corrected chi connectivity index (χ0v) is 15.4. The van der Waals surface area contributed by atoms with Crippen molar-refractivity contribution in [1.29, 1.82) is 0 Å². The third-order valence-electron chi connectivity index (χ3n) is 3.06. The van der Waals surface area contributed by atoms with Gasteiger partial charge in [0.05, 0.1) is 13.2 Å². The highest BCUT2D eigenvalue weighted by Gasteiger charge is 2.28. The van der Waals surface area contributed by atoms with Crippen LogP contribution in [0.3, 0.4) is 0 Å². The number of nitrogens with one attached hydrogen (secondary N) is 3. The van der Waals surface area contributed by atoms with Crippen molar-refractivity contribution in [3.63, 3.8) is 0 Å². The highest BCUT2D eigenvalue weighted by atomic mass is 32.2. The second-order valence-corrected chi connectivity index (χ2v) is 6.28. The van der Waals surface area contributed by atoms with Crippen molar-refractivity contribution < 1.29 is 29.4 Å². The summed E-state index contributed by atoms with van der Waals surface area (Å²) in [5, 5.41) is 24.8. The van der Waals surface area contributed by atoms with Gasteiger partial charge in [0.15, 0.2) is 0 Å². The zero-order chi connectivity index (χ0) is 19.4. The maximum atomic E-state index is 12.2. The first-order valence-corrected chi connectivity index (χ1v) is 9.36. The van der Waals surface area contributed by atoms with E-state index in [4.69, 9.17) is 15.9 Å². The Morgan fingerprint density at radius 1 is 1.08 bits per heavy atom. The molecular formula is C13H24N4O6S2. The SMILES string of the molecule is CSCCC(NC(=O)C(CS)NC(=O)CN)C(=O)NC(CO)C(=O)O. The molecule has 3 amide bonds. The molecule has 25 heavy (non-hydrogen) atoms. The number of aliphatic hydroxyl groups excluding tert-OH is 1. The molecule has 0 aromatic heterocycles. The summed E-state index contributed by atoms with van der Waals surface area (Å²) in [5.74, 6) is -2.82. The fourth-order valence-electron chi connectivity index (χ4n) is 1.68. The van der Waals surface area contributed by atoms with E-state index in [-0.39, 0.29) is 18.7 Å². The van der Waals surface area contributed by atoms with Crippen LogP contribution in [0, 0.1) is 0 Å². The van der Waals surface area contributed by atoms with Crippen LogP contribution in [-0.2, 0) is 19.2 Å². The number of hydrogen-bond acceptors (Lipinski definition) is 8. The van der Waals surface area contributed by atoms with Gasteiger partial charge in [0, 0.05) is 5.75 Å². The lowest BCUT2D eigenvalue weighted by molar-refractivity contribution is -0.143. The fraction of sp³-hybridized carbons (Fsp3) is 0.692. The minimum atomic E-state index is -1.47. The molecule has 0 aliphatic heterocycles. The number of aliphatic carboxylic acids is 1. The van der Waals surface area contributed by atoms with E-state index in [2.05, 4.69) is 28.6 Å². The van der Waals surface area contributed by atoms with Crippen LogP contribution in [0.1, 0.15) is 6.42 Å². The molecule has 0 aliphatic rings. The number of rotatable bonds is 12. The predicted molar refractivity (Wildman–Crippen MR) is 96.4 cm³/mol. The average molecular weight is 396 g/mol. The Hall–Kier alpha value is -1.50. The maximum absolute atomic E-state index is 12.2. The molecule has 0 aromatic carbocycles. The van der Waals surface area contributed by atoms with E-state index in [0.717, 1.165) is 0 Å². The molecule has 144 valence electrons. The number of thiol groups is 1. The summed E-state index contributed by atoms with van der Waals surface area (Å²) in [5.41, 5.74) is 5.17. The van der Waals surface area contributed by atoms with Crippen LogP contribution in [0.5, 0.6) is 0 Å². The van der Waals surface area contributed by atoms with Crippen molar-refractivity contribution in [1.82, 2.24) is 16.0 Å². The molecular weight excluding hydrogens is 372 g/mol. The Labute approximate surface area is 155 Å². The summed E-state index contributed by atoms with van der Waals surface area (Å²) in [6.07, 6.45) is 2.04. The van der Waals surface area contributed by atoms with Crippen LogP contribution in [0.4, 0.5) is 0 Å². The average Bonchev–Trinajstić information content (AvgIpc) is 2.59. The van der Waals surface area contributed by atoms with Crippen LogP contribution in [0.2, 0.25) is 0 Å². The monoisotopic (exact) mass is 396 g/mol. The van der Waals surface area contributed by atoms with Crippen molar-refractivity contribution in [2.75, 3.05) is 30.9 Å². The van der Waals surface area contributed by atoms with E-state index in [1.54, 1.807) is 0 Å². The highest BCUT2D eigenvalue weighted by molar-refractivity contribution is 7.98. The lowest BCUT2D eigenvalue weighted by atomic mass is 10.1. The van der Waals surface area contributed by atoms with Gasteiger partial charge in [-0.3, -0.25) is 14.4 Å². The van der Waals surface area contributed by atoms with Gasteiger partial charge in [-0.25, -0.2) is 4.79 Å². The Bertz CT molecular complexity index is 479. The fourth-order valence-corrected chi connectivity index (χ4v) is 2.41. The van der Waals surface area contributed by atoms with Gasteiger partial charge in [0.2, 0.25) is 17.7 Å². The second-order valence-electron chi connectivity index (χ2n) is 4.93. The third kappa shape index (κ3) is 8.95. The summed E-state index contributed by atoms with van der Waals surface area (Å²) in [6.45, 7) is -1.08. The molecule has 0 radical (unpaired) electrons. The van der Waals surface area contributed by atoms with Crippen LogP contribution in [0.25, 0.3) is 0 Å². The van der Waals surface area contributed by atoms with Gasteiger partial charge in [-0.2, -0.15) is 24.4 Å². The molecule has 10 nitrogen and oxygen atoms in total. The number of carboxylic acids is 1. The lowest BCUT2D eigenvalue weighted by Gasteiger charge is -2.23. The molecule has 0 spiro atoms. The van der Waals surface area contributed by atoms with E-state index in [9.17, 15) is 19.2 Å². The third-order valence-corrected chi connectivity index (χ3v) is 4.07. The number of nitrogens with two attached hydrogens (primary N) is 1. The first-order chi connectivity index (χ1) is 11.8. The zero-order valence-electron chi connectivity index (χ0n) is 13.7. The molecule has 12 heteroatoms. The number of hydrogen-bond donors (Lipinski definition) is 7. The van der Waals surface area contributed by atoms with Gasteiger partial charge in [0.25, 0.3) is 0 Å². The van der Waals surface area contributed by atoms with Gasteiger partial charge < -0.3 is 31.9 Å². The Morgan fingerprint density at radius 2 is 1.64 bits per heavy atom. The van der Waals surface area contributed by atoms with Crippen LogP contribution >= 0.6 is 24.4 Å². The summed E-state index contributed by atoms with van der Waals surface area (Å²) < 4.78 is 0. The summed E-state index contributed by atoms with van der Waals surface area (Å²) in [6, 6.07) is -3.48. The molecule has 0 rings (SSSR count). The van der Waals surface area contributed by atoms with Gasteiger partial charge in [-0.15, -0.1) is 0 Å². The van der Waals surface area contributed by atoms with Crippen molar-refractivity contribution in [2.45, 2.75) is 24.5 Å². The number of carbonyl (C=O) groups is 4. The van der Waals surface area contributed by atoms with Crippen LogP contribution < -0.4 is 21.7 Å². The van der Waals surface area contributed by atoms with Gasteiger partial charge in [0.1, 0.15) is 18.1 Å². The van der Waals surface area contributed by atoms with Gasteiger partial charge in [-0.1, -0.05) is 0 Å². The predicted octanol–water partition coefficient (Wildman–Crippen LogP) is -2.84. The molecule has 3 atom stereocenters. The van der Waals surface area contributed by atoms with E-state index < -0.39 is 48.4 Å². The topological polar surface area (TPSA) is 171 Å². The first-order valence-electron chi connectivity index (χ1n) is 7.34. The van der Waals surface area contributed by atoms with Crippen molar-refractivity contribution in [3.05, 3.63) is 0 Å². The Balaban J connectivity index is 5.00. The number of carbonyl (C=O) groups excluding carboxylic acids is 3. The van der Waals surface area contributed by atoms with E-state index in [1.165, 1.54) is 11.8 Å².